The largest absolute Gasteiger partial charge is 0.343 e. The summed E-state index contributed by atoms with van der Waals surface area (Å²) in [6.45, 7) is 7.25. The SMILES string of the molecule is CC(=O)N1CCc2c(c(N3CCCc4cc(-c5cnn(C)c5)c(C(F)F)cc43)nn2C2CCN(C(=O)CCN3CCC(Cn4c(=O)n(C5CCC(=O)NC5=O)c5ccccc54)CC3)CC2)C1. The quantitative estimate of drug-likeness (QED) is 0.185. The summed E-state index contributed by atoms with van der Waals surface area (Å²) >= 11 is 0. The lowest BCUT2D eigenvalue weighted by Crippen LogP contribution is -2.45. The van der Waals surface area contributed by atoms with Crippen LogP contribution in [0, 0.1) is 5.92 Å². The molecule has 1 N–H and O–H groups in total. The molecule has 0 saturated carbocycles. The number of anilines is 2. The second-order valence-electron chi connectivity index (χ2n) is 18.8. The van der Waals surface area contributed by atoms with Gasteiger partial charge in [-0.3, -0.25) is 43.0 Å². The summed E-state index contributed by atoms with van der Waals surface area (Å²) in [4.78, 5) is 73.0. The first-order valence-electron chi connectivity index (χ1n) is 23.5. The zero-order valence-electron chi connectivity index (χ0n) is 37.6. The van der Waals surface area contributed by atoms with E-state index in [9.17, 15) is 32.8 Å². The summed E-state index contributed by atoms with van der Waals surface area (Å²) < 4.78 is 36.6. The van der Waals surface area contributed by atoms with Crippen molar-refractivity contribution in [1.82, 2.24) is 48.7 Å². The number of likely N-dealkylation sites (tertiary alicyclic amines) is 2. The van der Waals surface area contributed by atoms with Gasteiger partial charge >= 0.3 is 5.69 Å². The fourth-order valence-electron chi connectivity index (χ4n) is 11.1. The predicted molar refractivity (Wildman–Crippen MR) is 242 cm³/mol. The Morgan fingerprint density at radius 3 is 2.38 bits per heavy atom. The zero-order valence-corrected chi connectivity index (χ0v) is 37.6. The second kappa shape index (κ2) is 17.9. The molecule has 18 heteroatoms. The number of halogens is 2. The lowest BCUT2D eigenvalue weighted by molar-refractivity contribution is -0.136. The van der Waals surface area contributed by atoms with Crippen LogP contribution in [0.15, 0.2) is 53.6 Å². The molecule has 3 fully saturated rings. The number of aromatic nitrogens is 6. The van der Waals surface area contributed by atoms with Crippen LogP contribution in [-0.4, -0.2) is 113 Å². The summed E-state index contributed by atoms with van der Waals surface area (Å²) in [5.74, 6) is 0.349. The number of nitrogens with zero attached hydrogens (tertiary/aromatic N) is 10. The van der Waals surface area contributed by atoms with E-state index >= 15 is 0 Å². The number of nitrogens with one attached hydrogen (secondary N) is 1. The van der Waals surface area contributed by atoms with Gasteiger partial charge in [-0.05, 0) is 99.3 Å². The average Bonchev–Trinajstić information content (AvgIpc) is 4.01. The van der Waals surface area contributed by atoms with Gasteiger partial charge in [-0.1, -0.05) is 12.1 Å². The first kappa shape index (κ1) is 43.7. The minimum Gasteiger partial charge on any atom is -0.343 e. The molecule has 10 rings (SSSR count). The van der Waals surface area contributed by atoms with Crippen LogP contribution in [0.2, 0.25) is 0 Å². The van der Waals surface area contributed by atoms with E-state index in [0.29, 0.717) is 81.7 Å². The van der Waals surface area contributed by atoms with Crippen molar-refractivity contribution in [2.45, 2.75) is 103 Å². The molecule has 2 aromatic carbocycles. The predicted octanol–water partition coefficient (Wildman–Crippen LogP) is 5.27. The minimum atomic E-state index is -2.69. The molecule has 3 saturated heterocycles. The van der Waals surface area contributed by atoms with Gasteiger partial charge in [-0.15, -0.1) is 0 Å². The second-order valence-corrected chi connectivity index (χ2v) is 18.8. The Bertz CT molecular complexity index is 2760. The Morgan fingerprint density at radius 1 is 0.894 bits per heavy atom. The highest BCUT2D eigenvalue weighted by atomic mass is 19.3. The van der Waals surface area contributed by atoms with Crippen LogP contribution in [0.25, 0.3) is 22.2 Å². The van der Waals surface area contributed by atoms with Crippen molar-refractivity contribution in [2.75, 3.05) is 50.7 Å². The average molecular weight is 906 g/mol. The van der Waals surface area contributed by atoms with Crippen LogP contribution in [-0.2, 0) is 52.2 Å². The maximum Gasteiger partial charge on any atom is 0.329 e. The highest BCUT2D eigenvalue weighted by Crippen LogP contribution is 2.44. The number of hydrogen-bond acceptors (Lipinski definition) is 9. The van der Waals surface area contributed by atoms with E-state index < -0.39 is 18.4 Å². The van der Waals surface area contributed by atoms with Crippen molar-refractivity contribution in [3.63, 3.8) is 0 Å². The smallest absolute Gasteiger partial charge is 0.329 e. The lowest BCUT2D eigenvalue weighted by Gasteiger charge is -2.35. The number of para-hydroxylation sites is 2. The zero-order chi connectivity index (χ0) is 45.8. The number of carbonyl (C=O) groups is 4. The standard InChI is InChI=1S/C48H57F2N11O5/c1-30(62)57-23-15-38-37(29-57)46(58-17-5-6-32-24-35(33-26-51-54(2)28-33)36(45(49)50)25-42(32)58)53-61(38)34-13-21-56(22-14-34)44(64)16-20-55-18-11-31(12-19-55)27-59-39-7-3-4-8-40(39)60(48(59)66)41-9-10-43(63)52-47(41)65/h3-4,7-8,24-26,28,31,34,41,45H,5-6,9-23,27,29H2,1-2H3,(H,52,63,65). The molecule has 1 atom stereocenters. The highest BCUT2D eigenvalue weighted by Gasteiger charge is 2.36. The number of carbonyl (C=O) groups excluding carboxylic acids is 4. The van der Waals surface area contributed by atoms with E-state index in [0.717, 1.165) is 85.5 Å². The van der Waals surface area contributed by atoms with Gasteiger partial charge in [-0.2, -0.15) is 10.2 Å². The summed E-state index contributed by atoms with van der Waals surface area (Å²) in [5, 5.41) is 11.9. The van der Waals surface area contributed by atoms with Gasteiger partial charge < -0.3 is 19.6 Å². The van der Waals surface area contributed by atoms with Crippen LogP contribution in [0.5, 0.6) is 0 Å². The normalized spacial score (nSPS) is 20.0. The van der Waals surface area contributed by atoms with Gasteiger partial charge in [0.25, 0.3) is 6.43 Å². The van der Waals surface area contributed by atoms with Crippen molar-refractivity contribution >= 4 is 46.2 Å². The number of benzene rings is 2. The molecule has 4 amide bonds. The Hall–Kier alpha value is -6.17. The maximum absolute atomic E-state index is 14.7. The highest BCUT2D eigenvalue weighted by molar-refractivity contribution is 6.00. The van der Waals surface area contributed by atoms with Gasteiger partial charge in [0, 0.05) is 107 Å². The van der Waals surface area contributed by atoms with Crippen LogP contribution in [0.4, 0.5) is 20.3 Å². The van der Waals surface area contributed by atoms with Crippen molar-refractivity contribution in [2.24, 2.45) is 13.0 Å². The first-order chi connectivity index (χ1) is 31.9. The van der Waals surface area contributed by atoms with Crippen LogP contribution in [0.1, 0.15) is 99.2 Å². The van der Waals surface area contributed by atoms with Crippen LogP contribution >= 0.6 is 0 Å². The first-order valence-corrected chi connectivity index (χ1v) is 23.5. The molecule has 5 aliphatic rings. The molecule has 66 heavy (non-hydrogen) atoms. The Kier molecular flexibility index (Phi) is 11.9. The molecule has 0 radical (unpaired) electrons. The number of imide groups is 1. The Morgan fingerprint density at radius 2 is 1.67 bits per heavy atom. The molecule has 3 aromatic heterocycles. The van der Waals surface area contributed by atoms with Gasteiger partial charge in [0.1, 0.15) is 6.04 Å². The van der Waals surface area contributed by atoms with E-state index in [2.05, 4.69) is 24.9 Å². The number of hydrogen-bond donors (Lipinski definition) is 1. The lowest BCUT2D eigenvalue weighted by atomic mass is 9.92. The third-order valence-electron chi connectivity index (χ3n) is 14.7. The molecule has 16 nitrogen and oxygen atoms in total. The van der Waals surface area contributed by atoms with Crippen molar-refractivity contribution < 1.29 is 28.0 Å². The maximum atomic E-state index is 14.7. The number of imidazole rings is 1. The molecular weight excluding hydrogens is 849 g/mol. The fourth-order valence-corrected chi connectivity index (χ4v) is 11.1. The third-order valence-corrected chi connectivity index (χ3v) is 14.7. The summed E-state index contributed by atoms with van der Waals surface area (Å²) in [5.41, 5.74) is 6.09. The minimum absolute atomic E-state index is 0.0134. The topological polar surface area (TPSA) is 156 Å². The number of aryl methyl sites for hydroxylation is 2. The van der Waals surface area contributed by atoms with E-state index in [4.69, 9.17) is 5.10 Å². The molecule has 5 aliphatic heterocycles. The van der Waals surface area contributed by atoms with Crippen molar-refractivity contribution in [1.29, 1.82) is 0 Å². The van der Waals surface area contributed by atoms with Gasteiger partial charge in [-0.25, -0.2) is 13.6 Å². The number of amides is 4. The van der Waals surface area contributed by atoms with Crippen molar-refractivity contribution in [3.8, 4) is 11.1 Å². The van der Waals surface area contributed by atoms with E-state index in [1.807, 2.05) is 40.1 Å². The molecule has 5 aromatic rings. The Balaban J connectivity index is 0.779. The third kappa shape index (κ3) is 8.21. The van der Waals surface area contributed by atoms with Crippen LogP contribution < -0.4 is 15.9 Å². The molecule has 0 aliphatic carbocycles. The molecule has 0 bridgehead atoms. The van der Waals surface area contributed by atoms with E-state index in [1.54, 1.807) is 46.2 Å². The molecule has 1 unspecified atom stereocenters. The van der Waals surface area contributed by atoms with Gasteiger partial charge in [0.05, 0.1) is 29.8 Å². The Labute approximate surface area is 381 Å². The summed E-state index contributed by atoms with van der Waals surface area (Å²) in [6, 6.07) is 10.4. The molecule has 348 valence electrons. The monoisotopic (exact) mass is 905 g/mol. The number of piperidine rings is 3. The molecular formula is C48H57F2N11O5. The summed E-state index contributed by atoms with van der Waals surface area (Å²) in [6.07, 6.45) is 7.06. The number of fused-ring (bicyclic) bond motifs is 3. The van der Waals surface area contributed by atoms with E-state index in [1.165, 1.54) is 0 Å². The van der Waals surface area contributed by atoms with Gasteiger partial charge in [0.2, 0.25) is 23.6 Å². The molecule has 8 heterocycles. The number of alkyl halides is 2. The summed E-state index contributed by atoms with van der Waals surface area (Å²) in [7, 11) is 1.77. The fraction of sp³-hybridized carbons (Fsp3) is 0.521. The van der Waals surface area contributed by atoms with Crippen molar-refractivity contribution in [3.05, 3.63) is 81.7 Å². The van der Waals surface area contributed by atoms with Crippen LogP contribution in [0.3, 0.4) is 0 Å². The number of rotatable bonds is 10. The van der Waals surface area contributed by atoms with E-state index in [-0.39, 0.29) is 47.4 Å². The molecule has 0 spiro atoms. The van der Waals surface area contributed by atoms with Gasteiger partial charge in [0.15, 0.2) is 5.82 Å².